The van der Waals surface area contributed by atoms with Crippen molar-refractivity contribution in [2.24, 2.45) is 0 Å². The molecule has 0 radical (unpaired) electrons. The molecule has 0 bridgehead atoms. The van der Waals surface area contributed by atoms with Gasteiger partial charge in [0, 0.05) is 20.6 Å². The van der Waals surface area contributed by atoms with Crippen LogP contribution in [-0.4, -0.2) is 0 Å². The second-order valence-corrected chi connectivity index (χ2v) is 6.19. The van der Waals surface area contributed by atoms with Crippen molar-refractivity contribution in [2.75, 3.05) is 0 Å². The Bertz CT molecular complexity index is 961. The molecule has 0 saturated carbocycles. The maximum absolute atomic E-state index is 12.3. The zero-order valence-electron chi connectivity index (χ0n) is 10.6. The summed E-state index contributed by atoms with van der Waals surface area (Å²) in [6.45, 7) is 0. The van der Waals surface area contributed by atoms with E-state index in [2.05, 4.69) is 31.9 Å². The van der Waals surface area contributed by atoms with Crippen LogP contribution in [0.4, 0.5) is 0 Å². The summed E-state index contributed by atoms with van der Waals surface area (Å²) in [7, 11) is 0. The van der Waals surface area contributed by atoms with Gasteiger partial charge in [0.2, 0.25) is 5.43 Å². The van der Waals surface area contributed by atoms with Gasteiger partial charge in [-0.3, -0.25) is 9.59 Å². The maximum Gasteiger partial charge on any atom is 0.221 e. The van der Waals surface area contributed by atoms with Crippen LogP contribution in [0.1, 0.15) is 0 Å². The topological polar surface area (TPSA) is 47.3 Å². The quantitative estimate of drug-likeness (QED) is 0.602. The standard InChI is InChI=1S/C16H8Br2O3/c17-9-5-6-13(19)16-11(7-9)14(20)8-15(21-16)10-3-1-2-4-12(10)18/h1-8H. The molecule has 3 aromatic rings. The van der Waals surface area contributed by atoms with Gasteiger partial charge in [0.15, 0.2) is 11.0 Å². The number of rotatable bonds is 1. The first kappa shape index (κ1) is 14.2. The Morgan fingerprint density at radius 2 is 1.62 bits per heavy atom. The lowest BCUT2D eigenvalue weighted by molar-refractivity contribution is 0.616. The van der Waals surface area contributed by atoms with Gasteiger partial charge in [-0.1, -0.05) is 50.1 Å². The Morgan fingerprint density at radius 1 is 0.857 bits per heavy atom. The van der Waals surface area contributed by atoms with Crippen LogP contribution in [0.2, 0.25) is 0 Å². The van der Waals surface area contributed by atoms with Gasteiger partial charge in [-0.15, -0.1) is 0 Å². The Balaban J connectivity index is 2.43. The fourth-order valence-corrected chi connectivity index (χ4v) is 2.87. The van der Waals surface area contributed by atoms with Crippen molar-refractivity contribution in [1.29, 1.82) is 0 Å². The molecule has 0 saturated heterocycles. The van der Waals surface area contributed by atoms with Gasteiger partial charge in [0.1, 0.15) is 5.76 Å². The first-order chi connectivity index (χ1) is 10.1. The summed E-state index contributed by atoms with van der Waals surface area (Å²) < 4.78 is 7.13. The van der Waals surface area contributed by atoms with Gasteiger partial charge in [0.25, 0.3) is 0 Å². The average molecular weight is 408 g/mol. The zero-order chi connectivity index (χ0) is 15.0. The van der Waals surface area contributed by atoms with E-state index in [1.807, 2.05) is 24.3 Å². The summed E-state index contributed by atoms with van der Waals surface area (Å²) in [5.41, 5.74) is 0.193. The van der Waals surface area contributed by atoms with Crippen LogP contribution in [0.25, 0.3) is 22.3 Å². The smallest absolute Gasteiger partial charge is 0.221 e. The second kappa shape index (κ2) is 5.58. The third-order valence-electron chi connectivity index (χ3n) is 3.02. The van der Waals surface area contributed by atoms with E-state index in [0.29, 0.717) is 10.2 Å². The Labute approximate surface area is 136 Å². The molecule has 5 heteroatoms. The van der Waals surface area contributed by atoms with Crippen molar-refractivity contribution in [1.82, 2.24) is 0 Å². The van der Waals surface area contributed by atoms with Gasteiger partial charge in [-0.05, 0) is 24.3 Å². The fraction of sp³-hybridized carbons (Fsp3) is 0. The summed E-state index contributed by atoms with van der Waals surface area (Å²) >= 11 is 6.69. The summed E-state index contributed by atoms with van der Waals surface area (Å²) in [5, 5.41) is 0.257. The molecule has 0 aliphatic heterocycles. The van der Waals surface area contributed by atoms with Crippen LogP contribution in [-0.2, 0) is 0 Å². The van der Waals surface area contributed by atoms with Crippen LogP contribution < -0.4 is 10.9 Å². The molecule has 0 aliphatic carbocycles. The highest BCUT2D eigenvalue weighted by Crippen LogP contribution is 2.28. The van der Waals surface area contributed by atoms with Crippen molar-refractivity contribution in [3.05, 3.63) is 77.9 Å². The molecule has 0 N–H and O–H groups in total. The molecule has 0 aliphatic rings. The summed E-state index contributed by atoms with van der Waals surface area (Å²) in [5.74, 6) is 0.361. The Hall–Kier alpha value is -1.72. The lowest BCUT2D eigenvalue weighted by Crippen LogP contribution is -2.05. The molecule has 3 nitrogen and oxygen atoms in total. The third kappa shape index (κ3) is 2.71. The predicted molar refractivity (Wildman–Crippen MR) is 89.6 cm³/mol. The minimum absolute atomic E-state index is 0.0546. The zero-order valence-corrected chi connectivity index (χ0v) is 13.8. The fourth-order valence-electron chi connectivity index (χ4n) is 2.03. The molecular formula is C16H8Br2O3. The van der Waals surface area contributed by atoms with E-state index in [9.17, 15) is 9.59 Å². The molecule has 0 amide bonds. The van der Waals surface area contributed by atoms with Crippen molar-refractivity contribution in [2.45, 2.75) is 0 Å². The number of hydrogen-bond donors (Lipinski definition) is 0. The first-order valence-electron chi connectivity index (χ1n) is 6.09. The molecule has 2 aromatic carbocycles. The summed E-state index contributed by atoms with van der Waals surface area (Å²) in [6.07, 6.45) is 0. The molecule has 0 spiro atoms. The number of benzene rings is 1. The minimum Gasteiger partial charge on any atom is -0.452 e. The van der Waals surface area contributed by atoms with Gasteiger partial charge in [-0.2, -0.15) is 0 Å². The largest absolute Gasteiger partial charge is 0.452 e. The van der Waals surface area contributed by atoms with Gasteiger partial charge in [0.05, 0.1) is 5.39 Å². The van der Waals surface area contributed by atoms with E-state index >= 15 is 0 Å². The van der Waals surface area contributed by atoms with Crippen LogP contribution in [0.15, 0.2) is 71.5 Å². The average Bonchev–Trinajstić information content (AvgIpc) is 2.60. The summed E-state index contributed by atoms with van der Waals surface area (Å²) in [4.78, 5) is 24.4. The highest BCUT2D eigenvalue weighted by molar-refractivity contribution is 9.10. The molecule has 0 unspecified atom stereocenters. The first-order valence-corrected chi connectivity index (χ1v) is 7.67. The van der Waals surface area contributed by atoms with Crippen molar-refractivity contribution < 1.29 is 4.42 Å². The van der Waals surface area contributed by atoms with Crippen molar-refractivity contribution >= 4 is 42.8 Å². The number of hydrogen-bond acceptors (Lipinski definition) is 3. The van der Waals surface area contributed by atoms with E-state index < -0.39 is 0 Å². The maximum atomic E-state index is 12.3. The lowest BCUT2D eigenvalue weighted by Gasteiger charge is -2.03. The summed E-state index contributed by atoms with van der Waals surface area (Å²) in [6, 6.07) is 13.3. The Kier molecular flexibility index (Phi) is 3.78. The number of halogens is 2. The highest BCUT2D eigenvalue weighted by Gasteiger charge is 2.11. The van der Waals surface area contributed by atoms with Crippen molar-refractivity contribution in [3.8, 4) is 11.3 Å². The van der Waals surface area contributed by atoms with Crippen LogP contribution in [0.3, 0.4) is 0 Å². The molecular weight excluding hydrogens is 400 g/mol. The minimum atomic E-state index is -0.332. The van der Waals surface area contributed by atoms with Gasteiger partial charge >= 0.3 is 0 Å². The second-order valence-electron chi connectivity index (χ2n) is 4.42. The monoisotopic (exact) mass is 406 g/mol. The normalized spacial score (nSPS) is 10.8. The SMILES string of the molecule is O=c1cc(-c2ccccc2Br)oc2c(=O)ccc(Br)cc12. The van der Waals surface area contributed by atoms with Crippen LogP contribution in [0.5, 0.6) is 0 Å². The van der Waals surface area contributed by atoms with Crippen molar-refractivity contribution in [3.63, 3.8) is 0 Å². The molecule has 0 fully saturated rings. The molecule has 1 aromatic heterocycles. The van der Waals surface area contributed by atoms with E-state index in [0.717, 1.165) is 10.0 Å². The van der Waals surface area contributed by atoms with Gasteiger partial charge < -0.3 is 4.42 Å². The molecule has 1 heterocycles. The Morgan fingerprint density at radius 3 is 2.38 bits per heavy atom. The third-order valence-corrected chi connectivity index (χ3v) is 4.21. The van der Waals surface area contributed by atoms with E-state index in [1.165, 1.54) is 12.1 Å². The highest BCUT2D eigenvalue weighted by atomic mass is 79.9. The van der Waals surface area contributed by atoms with Gasteiger partial charge in [-0.25, -0.2) is 0 Å². The molecule has 21 heavy (non-hydrogen) atoms. The predicted octanol–water partition coefficient (Wildman–Crippen LogP) is 4.35. The lowest BCUT2D eigenvalue weighted by atomic mass is 10.1. The molecule has 0 atom stereocenters. The van der Waals surface area contributed by atoms with Crippen LogP contribution in [0, 0.1) is 0 Å². The van der Waals surface area contributed by atoms with Crippen LogP contribution >= 0.6 is 31.9 Å². The van der Waals surface area contributed by atoms with E-state index in [1.54, 1.807) is 12.1 Å². The van der Waals surface area contributed by atoms with E-state index in [-0.39, 0.29) is 21.8 Å². The number of fused-ring (bicyclic) bond motifs is 1. The molecule has 3 rings (SSSR count). The van der Waals surface area contributed by atoms with E-state index in [4.69, 9.17) is 4.42 Å². The molecule has 104 valence electrons.